The minimum absolute atomic E-state index is 0.0714. The first-order chi connectivity index (χ1) is 10.6. The molecule has 0 bridgehead atoms. The van der Waals surface area contributed by atoms with Crippen molar-refractivity contribution in [1.82, 2.24) is 15.5 Å². The van der Waals surface area contributed by atoms with Crippen LogP contribution in [0.2, 0.25) is 5.02 Å². The Morgan fingerprint density at radius 3 is 2.35 bits per heavy atom. The lowest BCUT2D eigenvalue weighted by molar-refractivity contribution is -0.134. The number of hydrogen-bond acceptors (Lipinski definition) is 3. The van der Waals surface area contributed by atoms with E-state index in [1.54, 1.807) is 24.3 Å². The normalized spacial score (nSPS) is 10.8. The molecule has 0 heterocycles. The number of hydrogen-bond donors (Lipinski definition) is 2. The average molecular weight is 340 g/mol. The van der Waals surface area contributed by atoms with Crippen molar-refractivity contribution in [2.24, 2.45) is 0 Å². The fourth-order valence-electron chi connectivity index (χ4n) is 1.79. The average Bonchev–Trinajstić information content (AvgIpc) is 2.42. The summed E-state index contributed by atoms with van der Waals surface area (Å²) in [6.45, 7) is 5.30. The van der Waals surface area contributed by atoms with E-state index in [0.29, 0.717) is 10.6 Å². The van der Waals surface area contributed by atoms with E-state index in [4.69, 9.17) is 11.6 Å². The molecule has 0 unspecified atom stereocenters. The van der Waals surface area contributed by atoms with E-state index in [-0.39, 0.29) is 30.4 Å². The summed E-state index contributed by atoms with van der Waals surface area (Å²) in [5.41, 5.74) is -0.0608. The molecule has 0 aliphatic carbocycles. The molecule has 2 N–H and O–H groups in total. The van der Waals surface area contributed by atoms with Gasteiger partial charge in [-0.1, -0.05) is 23.7 Å². The Kier molecular flexibility index (Phi) is 6.57. The monoisotopic (exact) mass is 339 g/mol. The van der Waals surface area contributed by atoms with Gasteiger partial charge >= 0.3 is 0 Å². The van der Waals surface area contributed by atoms with Gasteiger partial charge in [0.15, 0.2) is 0 Å². The number of nitrogens with one attached hydrogen (secondary N) is 2. The lowest BCUT2D eigenvalue weighted by atomic mass is 10.1. The van der Waals surface area contributed by atoms with E-state index in [1.807, 2.05) is 20.8 Å². The highest BCUT2D eigenvalue weighted by Gasteiger charge is 2.18. The van der Waals surface area contributed by atoms with Gasteiger partial charge in [0.05, 0.1) is 23.7 Å². The number of likely N-dealkylation sites (N-methyl/N-ethyl adjacent to an activating group) is 1. The number of carbonyl (C=O) groups is 3. The predicted octanol–water partition coefficient (Wildman–Crippen LogP) is 1.44. The van der Waals surface area contributed by atoms with E-state index in [0.717, 1.165) is 0 Å². The van der Waals surface area contributed by atoms with Crippen LogP contribution in [0.4, 0.5) is 0 Å². The summed E-state index contributed by atoms with van der Waals surface area (Å²) in [4.78, 5) is 36.9. The zero-order valence-corrected chi connectivity index (χ0v) is 14.5. The third-order valence-corrected chi connectivity index (χ3v) is 3.17. The molecule has 0 saturated heterocycles. The highest BCUT2D eigenvalue weighted by Crippen LogP contribution is 2.14. The topological polar surface area (TPSA) is 78.5 Å². The minimum atomic E-state index is -0.434. The summed E-state index contributed by atoms with van der Waals surface area (Å²) in [5, 5.41) is 5.58. The smallest absolute Gasteiger partial charge is 0.253 e. The lowest BCUT2D eigenvalue weighted by Gasteiger charge is -2.23. The molecule has 0 aliphatic heterocycles. The number of rotatable bonds is 5. The van der Waals surface area contributed by atoms with Crippen LogP contribution in [0.15, 0.2) is 24.3 Å². The SMILES string of the molecule is CN(CC(=O)NC(C)(C)C)C(=O)CNC(=O)c1ccccc1Cl. The van der Waals surface area contributed by atoms with Crippen LogP contribution in [0.25, 0.3) is 0 Å². The first-order valence-corrected chi connectivity index (χ1v) is 7.55. The van der Waals surface area contributed by atoms with Gasteiger partial charge in [0.1, 0.15) is 0 Å². The first-order valence-electron chi connectivity index (χ1n) is 7.18. The van der Waals surface area contributed by atoms with E-state index in [2.05, 4.69) is 10.6 Å². The Morgan fingerprint density at radius 2 is 1.78 bits per heavy atom. The van der Waals surface area contributed by atoms with Crippen molar-refractivity contribution in [3.05, 3.63) is 34.9 Å². The van der Waals surface area contributed by atoms with Gasteiger partial charge in [-0.05, 0) is 32.9 Å². The van der Waals surface area contributed by atoms with Gasteiger partial charge in [-0.15, -0.1) is 0 Å². The third kappa shape index (κ3) is 6.69. The van der Waals surface area contributed by atoms with Crippen LogP contribution in [-0.4, -0.2) is 48.3 Å². The number of nitrogens with zero attached hydrogens (tertiary/aromatic N) is 1. The summed E-state index contributed by atoms with van der Waals surface area (Å²) < 4.78 is 0. The molecular weight excluding hydrogens is 318 g/mol. The summed E-state index contributed by atoms with van der Waals surface area (Å²) in [6, 6.07) is 6.57. The molecule has 0 spiro atoms. The molecule has 1 aromatic carbocycles. The van der Waals surface area contributed by atoms with Crippen LogP contribution in [0, 0.1) is 0 Å². The van der Waals surface area contributed by atoms with Gasteiger partial charge in [0.2, 0.25) is 11.8 Å². The van der Waals surface area contributed by atoms with Crippen molar-refractivity contribution in [3.63, 3.8) is 0 Å². The lowest BCUT2D eigenvalue weighted by Crippen LogP contribution is -2.47. The van der Waals surface area contributed by atoms with E-state index >= 15 is 0 Å². The van der Waals surface area contributed by atoms with Crippen molar-refractivity contribution in [1.29, 1.82) is 0 Å². The van der Waals surface area contributed by atoms with E-state index in [1.165, 1.54) is 11.9 Å². The molecule has 126 valence electrons. The second kappa shape index (κ2) is 7.97. The first kappa shape index (κ1) is 19.0. The molecule has 0 aromatic heterocycles. The maximum atomic E-state index is 12.0. The van der Waals surface area contributed by atoms with Crippen molar-refractivity contribution in [2.75, 3.05) is 20.1 Å². The highest BCUT2D eigenvalue weighted by molar-refractivity contribution is 6.33. The maximum Gasteiger partial charge on any atom is 0.253 e. The van der Waals surface area contributed by atoms with Crippen molar-refractivity contribution >= 4 is 29.3 Å². The summed E-state index contributed by atoms with van der Waals surface area (Å²) >= 11 is 5.92. The standard InChI is InChI=1S/C16H22ClN3O3/c1-16(2,3)19-13(21)10-20(4)14(22)9-18-15(23)11-7-5-6-8-12(11)17/h5-8H,9-10H2,1-4H3,(H,18,23)(H,19,21). The van der Waals surface area contributed by atoms with Gasteiger partial charge in [-0.2, -0.15) is 0 Å². The maximum absolute atomic E-state index is 12.0. The van der Waals surface area contributed by atoms with Gasteiger partial charge in [0, 0.05) is 12.6 Å². The summed E-state index contributed by atoms with van der Waals surface area (Å²) in [6.07, 6.45) is 0. The summed E-state index contributed by atoms with van der Waals surface area (Å²) in [7, 11) is 1.51. The van der Waals surface area contributed by atoms with E-state index < -0.39 is 5.91 Å². The van der Waals surface area contributed by atoms with Crippen LogP contribution in [-0.2, 0) is 9.59 Å². The number of amides is 3. The van der Waals surface area contributed by atoms with Crippen LogP contribution in [0.5, 0.6) is 0 Å². The summed E-state index contributed by atoms with van der Waals surface area (Å²) in [5.74, 6) is -1.06. The molecule has 1 rings (SSSR count). The largest absolute Gasteiger partial charge is 0.350 e. The fourth-order valence-corrected chi connectivity index (χ4v) is 2.01. The van der Waals surface area contributed by atoms with E-state index in [9.17, 15) is 14.4 Å². The Morgan fingerprint density at radius 1 is 1.17 bits per heavy atom. The molecule has 0 atom stereocenters. The molecule has 0 radical (unpaired) electrons. The molecule has 7 heteroatoms. The zero-order chi connectivity index (χ0) is 17.6. The molecule has 6 nitrogen and oxygen atoms in total. The van der Waals surface area contributed by atoms with Crippen molar-refractivity contribution in [3.8, 4) is 0 Å². The Hall–Kier alpha value is -2.08. The zero-order valence-electron chi connectivity index (χ0n) is 13.8. The van der Waals surface area contributed by atoms with Gasteiger partial charge in [-0.3, -0.25) is 14.4 Å². The molecule has 23 heavy (non-hydrogen) atoms. The second-order valence-corrected chi connectivity index (χ2v) is 6.62. The van der Waals surface area contributed by atoms with Crippen LogP contribution in [0.1, 0.15) is 31.1 Å². The predicted molar refractivity (Wildman–Crippen MR) is 89.3 cm³/mol. The quantitative estimate of drug-likeness (QED) is 0.852. The van der Waals surface area contributed by atoms with Gasteiger partial charge < -0.3 is 15.5 Å². The minimum Gasteiger partial charge on any atom is -0.350 e. The van der Waals surface area contributed by atoms with Crippen LogP contribution >= 0.6 is 11.6 Å². The number of halogens is 1. The molecule has 1 aromatic rings. The third-order valence-electron chi connectivity index (χ3n) is 2.84. The molecule has 3 amide bonds. The van der Waals surface area contributed by atoms with Crippen molar-refractivity contribution in [2.45, 2.75) is 26.3 Å². The molecule has 0 saturated carbocycles. The fraction of sp³-hybridized carbons (Fsp3) is 0.438. The number of benzene rings is 1. The molecule has 0 aliphatic rings. The highest BCUT2D eigenvalue weighted by atomic mass is 35.5. The second-order valence-electron chi connectivity index (χ2n) is 6.21. The van der Waals surface area contributed by atoms with Crippen LogP contribution in [0.3, 0.4) is 0 Å². The number of carbonyl (C=O) groups excluding carboxylic acids is 3. The molecular formula is C16H22ClN3O3. The van der Waals surface area contributed by atoms with Crippen molar-refractivity contribution < 1.29 is 14.4 Å². The Balaban J connectivity index is 2.48. The molecule has 0 fully saturated rings. The van der Waals surface area contributed by atoms with Gasteiger partial charge in [-0.25, -0.2) is 0 Å². The Labute approximate surface area is 141 Å². The van der Waals surface area contributed by atoms with Crippen LogP contribution < -0.4 is 10.6 Å². The Bertz CT molecular complexity index is 596. The van der Waals surface area contributed by atoms with Gasteiger partial charge in [0.25, 0.3) is 5.91 Å².